The van der Waals surface area contributed by atoms with Crippen molar-refractivity contribution in [3.05, 3.63) is 34.9 Å². The second-order valence-corrected chi connectivity index (χ2v) is 14.3. The molecule has 1 saturated heterocycles. The maximum Gasteiger partial charge on any atom is 0.303 e. The molecule has 1 aromatic carbocycles. The Morgan fingerprint density at radius 3 is 2.39 bits per heavy atom. The van der Waals surface area contributed by atoms with E-state index in [1.165, 1.54) is 5.56 Å². The van der Waals surface area contributed by atoms with E-state index in [-0.39, 0.29) is 40.4 Å². The normalized spacial score (nSPS) is 33.9. The molecule has 3 aliphatic carbocycles. The SMILES string of the molecule is CC(C)[C@@H](NC(=O)CC12CC3CCC(C1)C2(CC(=O)O)C3)C(=O)N1CCC(c2ccc(Cl)cc2)C(C)(C)C1. The Labute approximate surface area is 231 Å². The van der Waals surface area contributed by atoms with Crippen molar-refractivity contribution in [2.45, 2.75) is 91.0 Å². The van der Waals surface area contributed by atoms with Crippen LogP contribution in [-0.2, 0) is 14.4 Å². The lowest BCUT2D eigenvalue weighted by atomic mass is 9.42. The standard InChI is InChI=1S/C31H43ClN2O4/c1-19(2)27(28(38)34-12-11-24(29(3,4)18-34)21-6-9-23(32)10-7-21)33-25(35)16-30-13-20-5-8-22(15-30)31(30,14-20)17-26(36)37/h6-7,9-10,19-20,22,24,27H,5,8,11-18H2,1-4H3,(H,33,35)(H,36,37)/t20?,22?,24?,27-,30?,31?/m1/s1. The average Bonchev–Trinajstić information content (AvgIpc) is 2.95. The molecule has 208 valence electrons. The number of aliphatic carboxylic acids is 1. The number of carbonyl (C=O) groups excluding carboxylic acids is 2. The monoisotopic (exact) mass is 542 g/mol. The van der Waals surface area contributed by atoms with Crippen molar-refractivity contribution in [3.8, 4) is 0 Å². The molecule has 4 fully saturated rings. The second kappa shape index (κ2) is 9.83. The molecule has 1 heterocycles. The van der Waals surface area contributed by atoms with Gasteiger partial charge >= 0.3 is 5.97 Å². The number of amides is 2. The Morgan fingerprint density at radius 1 is 1.05 bits per heavy atom. The first-order chi connectivity index (χ1) is 17.9. The van der Waals surface area contributed by atoms with Crippen molar-refractivity contribution in [3.63, 3.8) is 0 Å². The highest BCUT2D eigenvalue weighted by molar-refractivity contribution is 6.30. The third kappa shape index (κ3) is 4.65. The Kier molecular flexibility index (Phi) is 7.11. The Balaban J connectivity index is 1.26. The van der Waals surface area contributed by atoms with Gasteiger partial charge in [-0.1, -0.05) is 57.8 Å². The third-order valence-corrected chi connectivity index (χ3v) is 11.0. The van der Waals surface area contributed by atoms with Gasteiger partial charge in [0.05, 0.1) is 6.42 Å². The van der Waals surface area contributed by atoms with Gasteiger partial charge in [0.1, 0.15) is 6.04 Å². The summed E-state index contributed by atoms with van der Waals surface area (Å²) in [6, 6.07) is 7.45. The van der Waals surface area contributed by atoms with E-state index in [0.29, 0.717) is 37.3 Å². The van der Waals surface area contributed by atoms with Crippen LogP contribution in [0.15, 0.2) is 24.3 Å². The molecule has 38 heavy (non-hydrogen) atoms. The molecule has 6 nitrogen and oxygen atoms in total. The van der Waals surface area contributed by atoms with Gasteiger partial charge in [-0.2, -0.15) is 0 Å². The third-order valence-electron chi connectivity index (χ3n) is 10.8. The molecule has 1 aromatic rings. The summed E-state index contributed by atoms with van der Waals surface area (Å²) >= 11 is 6.10. The predicted molar refractivity (Wildman–Crippen MR) is 148 cm³/mol. The van der Waals surface area contributed by atoms with Crippen molar-refractivity contribution in [2.75, 3.05) is 13.1 Å². The molecule has 5 rings (SSSR count). The molecule has 3 saturated carbocycles. The highest BCUT2D eigenvalue weighted by Gasteiger charge is 2.71. The molecule has 0 spiro atoms. The summed E-state index contributed by atoms with van der Waals surface area (Å²) in [6.07, 6.45) is 6.48. The zero-order chi connectivity index (χ0) is 27.5. The van der Waals surface area contributed by atoms with E-state index in [0.717, 1.165) is 43.5 Å². The van der Waals surface area contributed by atoms with Gasteiger partial charge in [0.2, 0.25) is 11.8 Å². The van der Waals surface area contributed by atoms with E-state index in [1.54, 1.807) is 0 Å². The van der Waals surface area contributed by atoms with Crippen molar-refractivity contribution in [1.29, 1.82) is 0 Å². The molecule has 2 bridgehead atoms. The highest BCUT2D eigenvalue weighted by atomic mass is 35.5. The maximum atomic E-state index is 13.8. The van der Waals surface area contributed by atoms with Crippen LogP contribution in [0.4, 0.5) is 0 Å². The molecule has 0 radical (unpaired) electrons. The van der Waals surface area contributed by atoms with Crippen LogP contribution in [0.2, 0.25) is 5.02 Å². The fourth-order valence-corrected chi connectivity index (χ4v) is 9.22. The largest absolute Gasteiger partial charge is 0.481 e. The van der Waals surface area contributed by atoms with Crippen LogP contribution in [0.25, 0.3) is 0 Å². The van der Waals surface area contributed by atoms with E-state index in [4.69, 9.17) is 11.6 Å². The number of carbonyl (C=O) groups is 3. The van der Waals surface area contributed by atoms with Gasteiger partial charge in [0, 0.05) is 24.5 Å². The maximum absolute atomic E-state index is 13.8. The van der Waals surface area contributed by atoms with Crippen LogP contribution in [0.3, 0.4) is 0 Å². The van der Waals surface area contributed by atoms with Crippen LogP contribution in [0.5, 0.6) is 0 Å². The van der Waals surface area contributed by atoms with Gasteiger partial charge in [0.15, 0.2) is 0 Å². The first-order valence-electron chi connectivity index (χ1n) is 14.4. The van der Waals surface area contributed by atoms with Crippen molar-refractivity contribution in [1.82, 2.24) is 10.2 Å². The predicted octanol–water partition coefficient (Wildman–Crippen LogP) is 5.88. The Bertz CT molecular complexity index is 1100. The van der Waals surface area contributed by atoms with Crippen LogP contribution in [0.1, 0.15) is 90.5 Å². The van der Waals surface area contributed by atoms with Gasteiger partial charge in [-0.05, 0) is 89.7 Å². The number of likely N-dealkylation sites (tertiary alicyclic amines) is 1. The van der Waals surface area contributed by atoms with Crippen LogP contribution in [-0.4, -0.2) is 46.9 Å². The summed E-state index contributed by atoms with van der Waals surface area (Å²) in [4.78, 5) is 41.0. The number of hydrogen-bond acceptors (Lipinski definition) is 3. The van der Waals surface area contributed by atoms with E-state index in [9.17, 15) is 19.5 Å². The number of carboxylic acids is 1. The minimum Gasteiger partial charge on any atom is -0.481 e. The van der Waals surface area contributed by atoms with Gasteiger partial charge in [-0.3, -0.25) is 14.4 Å². The van der Waals surface area contributed by atoms with Gasteiger partial charge in [0.25, 0.3) is 0 Å². The average molecular weight is 543 g/mol. The van der Waals surface area contributed by atoms with Gasteiger partial charge < -0.3 is 15.3 Å². The Hall–Kier alpha value is -2.08. The second-order valence-electron chi connectivity index (χ2n) is 13.9. The molecule has 4 aliphatic rings. The highest BCUT2D eigenvalue weighted by Crippen LogP contribution is 2.78. The van der Waals surface area contributed by atoms with E-state index >= 15 is 0 Å². The van der Waals surface area contributed by atoms with Crippen LogP contribution >= 0.6 is 11.6 Å². The lowest BCUT2D eigenvalue weighted by Gasteiger charge is -2.62. The minimum atomic E-state index is -0.748. The molecular weight excluding hydrogens is 500 g/mol. The number of fused-ring (bicyclic) bond motifs is 1. The lowest BCUT2D eigenvalue weighted by molar-refractivity contribution is -0.171. The molecule has 6 atom stereocenters. The molecule has 5 unspecified atom stereocenters. The summed E-state index contributed by atoms with van der Waals surface area (Å²) < 4.78 is 0. The molecule has 0 aromatic heterocycles. The van der Waals surface area contributed by atoms with Crippen LogP contribution < -0.4 is 5.32 Å². The number of nitrogens with zero attached hydrogens (tertiary/aromatic N) is 1. The number of rotatable bonds is 8. The molecule has 2 N–H and O–H groups in total. The topological polar surface area (TPSA) is 86.7 Å². The number of carboxylic acid groups (broad SMARTS) is 1. The van der Waals surface area contributed by atoms with Crippen molar-refractivity contribution < 1.29 is 19.5 Å². The van der Waals surface area contributed by atoms with Crippen molar-refractivity contribution in [2.24, 2.45) is 34.0 Å². The fraction of sp³-hybridized carbons (Fsp3) is 0.710. The summed E-state index contributed by atoms with van der Waals surface area (Å²) in [5.41, 5.74) is 0.683. The summed E-state index contributed by atoms with van der Waals surface area (Å²) in [5.74, 6) is 0.402. The fourth-order valence-electron chi connectivity index (χ4n) is 9.10. The van der Waals surface area contributed by atoms with E-state index in [2.05, 4.69) is 31.3 Å². The number of hydrogen-bond donors (Lipinski definition) is 2. The first kappa shape index (κ1) is 27.5. The van der Waals surface area contributed by atoms with E-state index in [1.807, 2.05) is 30.9 Å². The number of benzene rings is 1. The summed E-state index contributed by atoms with van der Waals surface area (Å²) in [7, 11) is 0. The molecule has 1 aliphatic heterocycles. The number of halogens is 1. The Morgan fingerprint density at radius 2 is 1.76 bits per heavy atom. The smallest absolute Gasteiger partial charge is 0.303 e. The molecule has 7 heteroatoms. The zero-order valence-corrected chi connectivity index (χ0v) is 24.0. The number of nitrogens with one attached hydrogen (secondary N) is 1. The minimum absolute atomic E-state index is 0.00891. The molecular formula is C31H43ClN2O4. The summed E-state index contributed by atoms with van der Waals surface area (Å²) in [5, 5.41) is 13.5. The van der Waals surface area contributed by atoms with Crippen LogP contribution in [0, 0.1) is 34.0 Å². The van der Waals surface area contributed by atoms with Crippen molar-refractivity contribution >= 4 is 29.4 Å². The van der Waals surface area contributed by atoms with Gasteiger partial charge in [-0.15, -0.1) is 0 Å². The number of piperidine rings is 1. The lowest BCUT2D eigenvalue weighted by Crippen LogP contribution is -2.59. The molecule has 2 amide bonds. The summed E-state index contributed by atoms with van der Waals surface area (Å²) in [6.45, 7) is 9.68. The first-order valence-corrected chi connectivity index (χ1v) is 14.8. The van der Waals surface area contributed by atoms with Gasteiger partial charge in [-0.25, -0.2) is 0 Å². The zero-order valence-electron chi connectivity index (χ0n) is 23.3. The quantitative estimate of drug-likeness (QED) is 0.429. The van der Waals surface area contributed by atoms with E-state index < -0.39 is 12.0 Å².